The fourth-order valence-corrected chi connectivity index (χ4v) is 3.99. The number of rotatable bonds is 8. The molecule has 0 heterocycles. The third-order valence-corrected chi connectivity index (χ3v) is 5.83. The third-order valence-electron chi connectivity index (χ3n) is 5.83. The molecule has 0 amide bonds. The van der Waals surface area contributed by atoms with Gasteiger partial charge in [-0.15, -0.1) is 0 Å². The van der Waals surface area contributed by atoms with Gasteiger partial charge in [-0.05, 0) is 53.3 Å². The molecule has 0 aromatic heterocycles. The van der Waals surface area contributed by atoms with Gasteiger partial charge in [0.05, 0.1) is 6.61 Å². The highest BCUT2D eigenvalue weighted by Gasteiger charge is 2.16. The van der Waals surface area contributed by atoms with Gasteiger partial charge in [-0.25, -0.2) is 13.2 Å². The van der Waals surface area contributed by atoms with E-state index in [1.165, 1.54) is 11.6 Å². The van der Waals surface area contributed by atoms with Crippen LogP contribution >= 0.6 is 0 Å². The minimum absolute atomic E-state index is 0.206. The summed E-state index contributed by atoms with van der Waals surface area (Å²) in [5.41, 5.74) is 4.41. The first-order valence-corrected chi connectivity index (χ1v) is 11.8. The molecule has 0 spiro atoms. The summed E-state index contributed by atoms with van der Waals surface area (Å²) >= 11 is 0. The van der Waals surface area contributed by atoms with Crippen molar-refractivity contribution in [1.29, 1.82) is 0 Å². The largest absolute Gasteiger partial charge is 0.491 e. The molecular formula is C31H27F3O. The van der Waals surface area contributed by atoms with Crippen molar-refractivity contribution in [2.24, 2.45) is 0 Å². The highest BCUT2D eigenvalue weighted by atomic mass is 19.2. The second kappa shape index (κ2) is 11.1. The van der Waals surface area contributed by atoms with Crippen molar-refractivity contribution in [1.82, 2.24) is 0 Å². The third kappa shape index (κ3) is 5.65. The molecule has 0 bridgehead atoms. The maximum Gasteiger partial charge on any atom is 0.167 e. The molecule has 178 valence electrons. The number of hydrogen-bond acceptors (Lipinski definition) is 1. The number of aryl methyl sites for hydroxylation is 1. The Labute approximate surface area is 204 Å². The highest BCUT2D eigenvalue weighted by molar-refractivity contribution is 5.74. The first-order valence-electron chi connectivity index (χ1n) is 11.8. The lowest BCUT2D eigenvalue weighted by Crippen LogP contribution is -1.94. The van der Waals surface area contributed by atoms with Crippen LogP contribution in [0.3, 0.4) is 0 Å². The molecule has 4 heteroatoms. The van der Waals surface area contributed by atoms with Gasteiger partial charge in [0.25, 0.3) is 0 Å². The van der Waals surface area contributed by atoms with Crippen LogP contribution < -0.4 is 4.74 Å². The second-order valence-electron chi connectivity index (χ2n) is 8.31. The fourth-order valence-electron chi connectivity index (χ4n) is 3.99. The predicted molar refractivity (Wildman–Crippen MR) is 138 cm³/mol. The van der Waals surface area contributed by atoms with Crippen LogP contribution in [0.25, 0.3) is 34.4 Å². The van der Waals surface area contributed by atoms with Gasteiger partial charge in [0.2, 0.25) is 0 Å². The maximum atomic E-state index is 15.0. The van der Waals surface area contributed by atoms with Crippen LogP contribution in [0.1, 0.15) is 37.0 Å². The smallest absolute Gasteiger partial charge is 0.167 e. The van der Waals surface area contributed by atoms with Crippen LogP contribution in [-0.2, 0) is 6.42 Å². The molecule has 0 aliphatic heterocycles. The molecule has 0 aliphatic rings. The average Bonchev–Trinajstić information content (AvgIpc) is 2.87. The van der Waals surface area contributed by atoms with E-state index in [-0.39, 0.29) is 16.9 Å². The van der Waals surface area contributed by atoms with Gasteiger partial charge in [0.15, 0.2) is 23.2 Å². The van der Waals surface area contributed by atoms with Crippen molar-refractivity contribution in [2.45, 2.75) is 26.7 Å². The van der Waals surface area contributed by atoms with E-state index in [0.717, 1.165) is 18.4 Å². The summed E-state index contributed by atoms with van der Waals surface area (Å²) in [5.74, 6) is -1.91. The van der Waals surface area contributed by atoms with Gasteiger partial charge in [0, 0.05) is 11.1 Å². The predicted octanol–water partition coefficient (Wildman–Crippen LogP) is 8.96. The van der Waals surface area contributed by atoms with Gasteiger partial charge < -0.3 is 4.74 Å². The molecular weight excluding hydrogens is 445 g/mol. The van der Waals surface area contributed by atoms with Gasteiger partial charge in [-0.1, -0.05) is 92.2 Å². The molecule has 0 atom stereocenters. The molecule has 35 heavy (non-hydrogen) atoms. The van der Waals surface area contributed by atoms with E-state index in [1.807, 2.05) is 42.5 Å². The van der Waals surface area contributed by atoms with Crippen LogP contribution in [0, 0.1) is 17.5 Å². The van der Waals surface area contributed by atoms with E-state index in [9.17, 15) is 13.2 Å². The van der Waals surface area contributed by atoms with E-state index in [4.69, 9.17) is 4.74 Å². The average molecular weight is 473 g/mol. The summed E-state index contributed by atoms with van der Waals surface area (Å²) in [4.78, 5) is 0. The Balaban J connectivity index is 1.52. The van der Waals surface area contributed by atoms with Crippen molar-refractivity contribution in [2.75, 3.05) is 6.61 Å². The summed E-state index contributed by atoms with van der Waals surface area (Å²) in [5, 5.41) is 0. The monoisotopic (exact) mass is 472 g/mol. The second-order valence-corrected chi connectivity index (χ2v) is 8.31. The van der Waals surface area contributed by atoms with Gasteiger partial charge in [-0.2, -0.15) is 0 Å². The lowest BCUT2D eigenvalue weighted by molar-refractivity contribution is 0.321. The fraction of sp³-hybridized carbons (Fsp3) is 0.161. The summed E-state index contributed by atoms with van der Waals surface area (Å²) in [7, 11) is 0. The molecule has 4 rings (SSSR count). The zero-order valence-electron chi connectivity index (χ0n) is 19.8. The SMILES string of the molecule is CCCc1ccc(-c2ccc(-c3ccc(/C=C/c4ccc(OCC)c(F)c4)cc3)c(F)c2F)cc1. The number of benzene rings is 4. The maximum absolute atomic E-state index is 15.0. The Bertz CT molecular complexity index is 1320. The Morgan fingerprint density at radius 1 is 0.657 bits per heavy atom. The van der Waals surface area contributed by atoms with Crippen molar-refractivity contribution in [3.05, 3.63) is 113 Å². The van der Waals surface area contributed by atoms with Crippen LogP contribution in [-0.4, -0.2) is 6.61 Å². The Morgan fingerprint density at radius 2 is 1.20 bits per heavy atom. The molecule has 0 radical (unpaired) electrons. The quantitative estimate of drug-likeness (QED) is 0.233. The van der Waals surface area contributed by atoms with Crippen LogP contribution in [0.4, 0.5) is 13.2 Å². The molecule has 0 aliphatic carbocycles. The van der Waals surface area contributed by atoms with Gasteiger partial charge >= 0.3 is 0 Å². The van der Waals surface area contributed by atoms with E-state index in [1.54, 1.807) is 49.4 Å². The number of hydrogen-bond donors (Lipinski definition) is 0. The van der Waals surface area contributed by atoms with Gasteiger partial charge in [0.1, 0.15) is 0 Å². The molecule has 1 nitrogen and oxygen atoms in total. The normalized spacial score (nSPS) is 11.2. The first-order chi connectivity index (χ1) is 17.0. The Hall–Kier alpha value is -3.79. The molecule has 4 aromatic rings. The Morgan fingerprint density at radius 3 is 1.74 bits per heavy atom. The lowest BCUT2D eigenvalue weighted by Gasteiger charge is -2.10. The summed E-state index contributed by atoms with van der Waals surface area (Å²) < 4.78 is 49.2. The molecule has 0 saturated carbocycles. The van der Waals surface area contributed by atoms with E-state index in [2.05, 4.69) is 6.92 Å². The van der Waals surface area contributed by atoms with Crippen molar-refractivity contribution in [3.8, 4) is 28.0 Å². The van der Waals surface area contributed by atoms with Crippen LogP contribution in [0.15, 0.2) is 78.9 Å². The number of ether oxygens (including phenoxy) is 1. The van der Waals surface area contributed by atoms with E-state index >= 15 is 0 Å². The van der Waals surface area contributed by atoms with Crippen molar-refractivity contribution >= 4 is 12.2 Å². The van der Waals surface area contributed by atoms with Crippen molar-refractivity contribution < 1.29 is 17.9 Å². The van der Waals surface area contributed by atoms with Crippen molar-refractivity contribution in [3.63, 3.8) is 0 Å². The zero-order valence-corrected chi connectivity index (χ0v) is 19.8. The first kappa shape index (κ1) is 24.3. The number of halogens is 3. The standard InChI is InChI=1S/C31H27F3O/c1-3-5-21-8-13-24(14-9-21)26-17-18-27(31(34)30(26)33)25-15-10-22(11-16-25)6-7-23-12-19-29(35-4-2)28(32)20-23/h6-20H,3-5H2,1-2H3/b7-6+. The summed E-state index contributed by atoms with van der Waals surface area (Å²) in [6.45, 7) is 4.31. The van der Waals surface area contributed by atoms with E-state index < -0.39 is 17.5 Å². The Kier molecular flexibility index (Phi) is 7.71. The summed E-state index contributed by atoms with van der Waals surface area (Å²) in [6, 6.07) is 22.7. The highest BCUT2D eigenvalue weighted by Crippen LogP contribution is 2.32. The molecule has 0 unspecified atom stereocenters. The molecule has 4 aromatic carbocycles. The minimum atomic E-state index is -0.867. The lowest BCUT2D eigenvalue weighted by atomic mass is 9.97. The summed E-state index contributed by atoms with van der Waals surface area (Å²) in [6.07, 6.45) is 5.61. The van der Waals surface area contributed by atoms with Crippen LogP contribution in [0.5, 0.6) is 5.75 Å². The topological polar surface area (TPSA) is 9.23 Å². The zero-order chi connectivity index (χ0) is 24.8. The van der Waals surface area contributed by atoms with Gasteiger partial charge in [-0.3, -0.25) is 0 Å². The molecule has 0 saturated heterocycles. The van der Waals surface area contributed by atoms with Crippen LogP contribution in [0.2, 0.25) is 0 Å². The van der Waals surface area contributed by atoms with E-state index in [0.29, 0.717) is 23.3 Å². The minimum Gasteiger partial charge on any atom is -0.491 e. The molecule has 0 N–H and O–H groups in total. The molecule has 0 fully saturated rings.